The van der Waals surface area contributed by atoms with Crippen LogP contribution in [0, 0.1) is 0 Å². The molecule has 3 heteroatoms. The Kier molecular flexibility index (Phi) is 4.39. The summed E-state index contributed by atoms with van der Waals surface area (Å²) in [6.07, 6.45) is 8.37. The number of anilines is 2. The van der Waals surface area contributed by atoms with E-state index in [1.165, 1.54) is 17.5 Å². The Hall–Kier alpha value is -2.03. The molecular formula is C18H23N3. The lowest BCUT2D eigenvalue weighted by molar-refractivity contribution is 0.611. The highest BCUT2D eigenvalue weighted by atomic mass is 14.9. The molecular weight excluding hydrogens is 258 g/mol. The molecule has 0 spiro atoms. The fourth-order valence-electron chi connectivity index (χ4n) is 2.94. The van der Waals surface area contributed by atoms with E-state index in [4.69, 9.17) is 0 Å². The van der Waals surface area contributed by atoms with Crippen molar-refractivity contribution in [2.45, 2.75) is 38.6 Å². The predicted octanol–water partition coefficient (Wildman–Crippen LogP) is 3.87. The van der Waals surface area contributed by atoms with Crippen molar-refractivity contribution in [3.8, 4) is 0 Å². The molecule has 0 aliphatic heterocycles. The van der Waals surface area contributed by atoms with Gasteiger partial charge in [0, 0.05) is 12.6 Å². The van der Waals surface area contributed by atoms with Gasteiger partial charge in [-0.2, -0.15) is 0 Å². The Labute approximate surface area is 126 Å². The Morgan fingerprint density at radius 2 is 1.95 bits per heavy atom. The molecule has 0 amide bonds. The van der Waals surface area contributed by atoms with Gasteiger partial charge in [-0.25, -0.2) is 0 Å². The van der Waals surface area contributed by atoms with Crippen molar-refractivity contribution in [2.75, 3.05) is 17.2 Å². The number of nitrogens with zero attached hydrogens (tertiary/aromatic N) is 1. The van der Waals surface area contributed by atoms with E-state index in [0.29, 0.717) is 6.04 Å². The van der Waals surface area contributed by atoms with Gasteiger partial charge < -0.3 is 10.6 Å². The van der Waals surface area contributed by atoms with E-state index in [1.807, 2.05) is 12.4 Å². The van der Waals surface area contributed by atoms with Gasteiger partial charge in [-0.3, -0.25) is 4.98 Å². The van der Waals surface area contributed by atoms with Crippen LogP contribution in [0.15, 0.2) is 42.7 Å². The third kappa shape index (κ3) is 3.54. The molecule has 2 N–H and O–H groups in total. The quantitative estimate of drug-likeness (QED) is 0.873. The Bertz CT molecular complexity index is 595. The van der Waals surface area contributed by atoms with Crippen LogP contribution in [0.25, 0.3) is 0 Å². The van der Waals surface area contributed by atoms with Gasteiger partial charge in [0.2, 0.25) is 0 Å². The minimum Gasteiger partial charge on any atom is -0.384 e. The van der Waals surface area contributed by atoms with Crippen molar-refractivity contribution < 1.29 is 0 Å². The molecule has 1 aromatic carbocycles. The van der Waals surface area contributed by atoms with Crippen LogP contribution >= 0.6 is 0 Å². The second-order valence-corrected chi connectivity index (χ2v) is 5.74. The number of hydrogen-bond donors (Lipinski definition) is 2. The summed E-state index contributed by atoms with van der Waals surface area (Å²) in [7, 11) is 0. The van der Waals surface area contributed by atoms with Crippen molar-refractivity contribution in [3.05, 3.63) is 53.9 Å². The predicted molar refractivity (Wildman–Crippen MR) is 88.9 cm³/mol. The van der Waals surface area contributed by atoms with Crippen LogP contribution in [-0.2, 0) is 12.8 Å². The van der Waals surface area contributed by atoms with Gasteiger partial charge in [-0.05, 0) is 42.9 Å². The van der Waals surface area contributed by atoms with E-state index in [2.05, 4.69) is 52.9 Å². The Balaban J connectivity index is 1.65. The van der Waals surface area contributed by atoms with Crippen LogP contribution in [-0.4, -0.2) is 17.6 Å². The van der Waals surface area contributed by atoms with E-state index in [9.17, 15) is 0 Å². The second-order valence-electron chi connectivity index (χ2n) is 5.74. The van der Waals surface area contributed by atoms with Crippen LogP contribution < -0.4 is 10.6 Å². The number of fused-ring (bicyclic) bond motifs is 1. The smallest absolute Gasteiger partial charge is 0.0549 e. The van der Waals surface area contributed by atoms with Crippen molar-refractivity contribution >= 4 is 11.4 Å². The lowest BCUT2D eigenvalue weighted by Gasteiger charge is -2.26. The average Bonchev–Trinajstić information content (AvgIpc) is 2.53. The third-order valence-corrected chi connectivity index (χ3v) is 4.03. The molecule has 1 aliphatic carbocycles. The summed E-state index contributed by atoms with van der Waals surface area (Å²) in [6.45, 7) is 3.16. The lowest BCUT2D eigenvalue weighted by Crippen LogP contribution is -2.27. The summed E-state index contributed by atoms with van der Waals surface area (Å²) < 4.78 is 0. The largest absolute Gasteiger partial charge is 0.384 e. The summed E-state index contributed by atoms with van der Waals surface area (Å²) in [6, 6.07) is 11.4. The van der Waals surface area contributed by atoms with Crippen molar-refractivity contribution in [1.82, 2.24) is 4.98 Å². The van der Waals surface area contributed by atoms with Crippen molar-refractivity contribution in [1.29, 1.82) is 0 Å². The number of nitrogens with one attached hydrogen (secondary N) is 2. The van der Waals surface area contributed by atoms with Crippen LogP contribution in [0.2, 0.25) is 0 Å². The highest BCUT2D eigenvalue weighted by molar-refractivity contribution is 5.54. The van der Waals surface area contributed by atoms with E-state index in [-0.39, 0.29) is 0 Å². The standard InChI is InChI=1S/C18H23N3/c1-2-9-20-17-11-18(13-19-12-17)21-16-8-7-14-5-3-4-6-15(14)10-16/h3-6,11-13,16,20-21H,2,7-10H2,1H3. The molecule has 0 saturated carbocycles. The van der Waals surface area contributed by atoms with Gasteiger partial charge in [0.15, 0.2) is 0 Å². The molecule has 0 radical (unpaired) electrons. The highest BCUT2D eigenvalue weighted by Crippen LogP contribution is 2.24. The highest BCUT2D eigenvalue weighted by Gasteiger charge is 2.17. The first-order chi connectivity index (χ1) is 10.3. The first-order valence-electron chi connectivity index (χ1n) is 7.87. The van der Waals surface area contributed by atoms with E-state index in [0.717, 1.165) is 37.2 Å². The molecule has 110 valence electrons. The maximum Gasteiger partial charge on any atom is 0.0549 e. The average molecular weight is 281 g/mol. The zero-order chi connectivity index (χ0) is 14.5. The third-order valence-electron chi connectivity index (χ3n) is 4.03. The van der Waals surface area contributed by atoms with Crippen LogP contribution in [0.1, 0.15) is 30.9 Å². The molecule has 21 heavy (non-hydrogen) atoms. The second kappa shape index (κ2) is 6.61. The molecule has 0 fully saturated rings. The van der Waals surface area contributed by atoms with Gasteiger partial charge in [0.1, 0.15) is 0 Å². The first-order valence-corrected chi connectivity index (χ1v) is 7.87. The summed E-state index contributed by atoms with van der Waals surface area (Å²) in [4.78, 5) is 4.32. The molecule has 1 unspecified atom stereocenters. The molecule has 2 aromatic rings. The number of rotatable bonds is 5. The van der Waals surface area contributed by atoms with E-state index >= 15 is 0 Å². The number of aromatic nitrogens is 1. The number of hydrogen-bond acceptors (Lipinski definition) is 3. The maximum atomic E-state index is 4.32. The fourth-order valence-corrected chi connectivity index (χ4v) is 2.94. The molecule has 1 aromatic heterocycles. The summed E-state index contributed by atoms with van der Waals surface area (Å²) in [5, 5.41) is 7.02. The van der Waals surface area contributed by atoms with Gasteiger partial charge in [0.25, 0.3) is 0 Å². The zero-order valence-electron chi connectivity index (χ0n) is 12.6. The monoisotopic (exact) mass is 281 g/mol. The maximum absolute atomic E-state index is 4.32. The van der Waals surface area contributed by atoms with Crippen LogP contribution in [0.3, 0.4) is 0 Å². The molecule has 1 atom stereocenters. The molecule has 0 bridgehead atoms. The molecule has 1 aliphatic rings. The zero-order valence-corrected chi connectivity index (χ0v) is 12.6. The topological polar surface area (TPSA) is 37.0 Å². The van der Waals surface area contributed by atoms with E-state index in [1.54, 1.807) is 0 Å². The van der Waals surface area contributed by atoms with E-state index < -0.39 is 0 Å². The minimum atomic E-state index is 0.503. The van der Waals surface area contributed by atoms with Crippen LogP contribution in [0.5, 0.6) is 0 Å². The minimum absolute atomic E-state index is 0.503. The molecule has 1 heterocycles. The van der Waals surface area contributed by atoms with Crippen molar-refractivity contribution in [3.63, 3.8) is 0 Å². The van der Waals surface area contributed by atoms with Gasteiger partial charge in [0.05, 0.1) is 23.8 Å². The van der Waals surface area contributed by atoms with Gasteiger partial charge in [-0.15, -0.1) is 0 Å². The lowest BCUT2D eigenvalue weighted by atomic mass is 9.88. The summed E-state index contributed by atoms with van der Waals surface area (Å²) in [5.41, 5.74) is 5.19. The first kappa shape index (κ1) is 13.9. The fraction of sp³-hybridized carbons (Fsp3) is 0.389. The normalized spacial score (nSPS) is 17.1. The van der Waals surface area contributed by atoms with Crippen LogP contribution in [0.4, 0.5) is 11.4 Å². The molecule has 3 nitrogen and oxygen atoms in total. The Morgan fingerprint density at radius 3 is 2.81 bits per heavy atom. The Morgan fingerprint density at radius 1 is 1.14 bits per heavy atom. The number of benzene rings is 1. The number of aryl methyl sites for hydroxylation is 1. The molecule has 0 saturated heterocycles. The van der Waals surface area contributed by atoms with Gasteiger partial charge in [-0.1, -0.05) is 31.2 Å². The summed E-state index contributed by atoms with van der Waals surface area (Å²) >= 11 is 0. The molecule has 3 rings (SSSR count). The van der Waals surface area contributed by atoms with Crippen molar-refractivity contribution in [2.24, 2.45) is 0 Å². The van der Waals surface area contributed by atoms with Gasteiger partial charge >= 0.3 is 0 Å². The SMILES string of the molecule is CCCNc1cncc(NC2CCc3ccccc3C2)c1. The number of pyridine rings is 1. The summed E-state index contributed by atoms with van der Waals surface area (Å²) in [5.74, 6) is 0.